The number of carboxylic acid groups (broad SMARTS) is 1. The summed E-state index contributed by atoms with van der Waals surface area (Å²) in [5, 5.41) is 18.4. The molecule has 0 bridgehead atoms. The van der Waals surface area contributed by atoms with Crippen molar-refractivity contribution in [2.24, 2.45) is 5.41 Å². The van der Waals surface area contributed by atoms with Gasteiger partial charge in [0.2, 0.25) is 5.91 Å². The summed E-state index contributed by atoms with van der Waals surface area (Å²) in [7, 11) is 0. The summed E-state index contributed by atoms with van der Waals surface area (Å²) in [6, 6.07) is 0. The van der Waals surface area contributed by atoms with Gasteiger partial charge in [-0.15, -0.1) is 0 Å². The molecule has 1 rings (SSSR count). The lowest BCUT2D eigenvalue weighted by atomic mass is 9.95. The summed E-state index contributed by atoms with van der Waals surface area (Å²) >= 11 is 0. The van der Waals surface area contributed by atoms with Crippen molar-refractivity contribution in [2.75, 3.05) is 13.1 Å². The molecule has 5 heteroatoms. The Morgan fingerprint density at radius 3 is 2.20 bits per heavy atom. The minimum Gasteiger partial charge on any atom is -0.479 e. The molecule has 5 nitrogen and oxygen atoms in total. The van der Waals surface area contributed by atoms with Crippen LogP contribution in [0.15, 0.2) is 0 Å². The second-order valence-electron chi connectivity index (χ2n) is 5.06. The number of nitrogens with zero attached hydrogens (tertiary/aromatic N) is 1. The van der Waals surface area contributed by atoms with Crippen LogP contribution in [-0.4, -0.2) is 45.7 Å². The van der Waals surface area contributed by atoms with Gasteiger partial charge in [-0.3, -0.25) is 4.79 Å². The molecular weight excluding hydrogens is 198 g/mol. The van der Waals surface area contributed by atoms with Gasteiger partial charge < -0.3 is 15.1 Å². The van der Waals surface area contributed by atoms with Crippen LogP contribution in [0, 0.1) is 5.41 Å². The zero-order chi connectivity index (χ0) is 11.9. The van der Waals surface area contributed by atoms with Crippen molar-refractivity contribution in [3.8, 4) is 0 Å². The average Bonchev–Trinajstić information content (AvgIpc) is 2.46. The highest BCUT2D eigenvalue weighted by Gasteiger charge is 2.46. The minimum absolute atomic E-state index is 0.101. The van der Waals surface area contributed by atoms with Crippen LogP contribution in [0.25, 0.3) is 0 Å². The molecule has 1 fully saturated rings. The molecule has 0 saturated carbocycles. The Kier molecular flexibility index (Phi) is 2.78. The molecule has 1 aliphatic rings. The van der Waals surface area contributed by atoms with Crippen LogP contribution in [0.3, 0.4) is 0 Å². The lowest BCUT2D eigenvalue weighted by molar-refractivity contribution is -0.157. The van der Waals surface area contributed by atoms with E-state index >= 15 is 0 Å². The van der Waals surface area contributed by atoms with Gasteiger partial charge in [-0.1, -0.05) is 20.8 Å². The number of likely N-dealkylation sites (tertiary alicyclic amines) is 1. The average molecular weight is 215 g/mol. The van der Waals surface area contributed by atoms with E-state index < -0.39 is 17.0 Å². The number of aliphatic hydroxyl groups is 1. The quantitative estimate of drug-likeness (QED) is 0.649. The van der Waals surface area contributed by atoms with Crippen LogP contribution in [0.5, 0.6) is 0 Å². The highest BCUT2D eigenvalue weighted by atomic mass is 16.4. The summed E-state index contributed by atoms with van der Waals surface area (Å²) in [6.07, 6.45) is 0.101. The van der Waals surface area contributed by atoms with Gasteiger partial charge in [0.25, 0.3) is 0 Å². The molecule has 15 heavy (non-hydrogen) atoms. The minimum atomic E-state index is -1.76. The van der Waals surface area contributed by atoms with Gasteiger partial charge in [-0.2, -0.15) is 0 Å². The topological polar surface area (TPSA) is 77.8 Å². The molecule has 1 heterocycles. The molecule has 1 saturated heterocycles. The van der Waals surface area contributed by atoms with Crippen molar-refractivity contribution in [3.63, 3.8) is 0 Å². The van der Waals surface area contributed by atoms with E-state index in [1.807, 2.05) is 0 Å². The molecule has 0 aromatic rings. The third-order valence-corrected chi connectivity index (χ3v) is 2.57. The number of carbonyl (C=O) groups is 2. The summed E-state index contributed by atoms with van der Waals surface area (Å²) in [5.41, 5.74) is -2.30. The first-order chi connectivity index (χ1) is 6.67. The number of carbonyl (C=O) groups excluding carboxylic acids is 1. The van der Waals surface area contributed by atoms with Gasteiger partial charge >= 0.3 is 5.97 Å². The Morgan fingerprint density at radius 2 is 1.87 bits per heavy atom. The Hall–Kier alpha value is -1.10. The number of aliphatic carboxylic acids is 1. The standard InChI is InChI=1S/C10H17NO4/c1-9(2,3)7(12)11-5-4-10(15,6-11)8(13)14/h15H,4-6H2,1-3H3,(H,13,14). The van der Waals surface area contributed by atoms with Gasteiger partial charge in [-0.05, 0) is 0 Å². The monoisotopic (exact) mass is 215 g/mol. The Bertz CT molecular complexity index is 294. The van der Waals surface area contributed by atoms with Crippen molar-refractivity contribution < 1.29 is 19.8 Å². The van der Waals surface area contributed by atoms with Crippen molar-refractivity contribution in [3.05, 3.63) is 0 Å². The van der Waals surface area contributed by atoms with E-state index in [1.165, 1.54) is 4.90 Å². The van der Waals surface area contributed by atoms with E-state index in [4.69, 9.17) is 5.11 Å². The fraction of sp³-hybridized carbons (Fsp3) is 0.800. The highest BCUT2D eigenvalue weighted by molar-refractivity contribution is 5.84. The van der Waals surface area contributed by atoms with E-state index in [2.05, 4.69) is 0 Å². The van der Waals surface area contributed by atoms with Gasteiger partial charge in [0.15, 0.2) is 5.60 Å². The molecule has 0 aromatic heterocycles. The molecule has 86 valence electrons. The molecular formula is C10H17NO4. The third-order valence-electron chi connectivity index (χ3n) is 2.57. The maximum atomic E-state index is 11.8. The summed E-state index contributed by atoms with van der Waals surface area (Å²) in [6.45, 7) is 5.51. The van der Waals surface area contributed by atoms with Gasteiger partial charge in [0, 0.05) is 18.4 Å². The second-order valence-corrected chi connectivity index (χ2v) is 5.06. The largest absolute Gasteiger partial charge is 0.479 e. The predicted molar refractivity (Wildman–Crippen MR) is 53.2 cm³/mol. The van der Waals surface area contributed by atoms with Crippen LogP contribution in [0.2, 0.25) is 0 Å². The Balaban J connectivity index is 2.73. The van der Waals surface area contributed by atoms with Crippen molar-refractivity contribution in [2.45, 2.75) is 32.8 Å². The number of hydrogen-bond acceptors (Lipinski definition) is 3. The Labute approximate surface area is 88.7 Å². The molecule has 1 amide bonds. The van der Waals surface area contributed by atoms with Gasteiger partial charge in [0.1, 0.15) is 0 Å². The van der Waals surface area contributed by atoms with E-state index in [0.29, 0.717) is 6.54 Å². The third kappa shape index (κ3) is 2.28. The SMILES string of the molecule is CC(C)(C)C(=O)N1CCC(O)(C(=O)O)C1. The normalized spacial score (nSPS) is 26.8. The lowest BCUT2D eigenvalue weighted by Crippen LogP contribution is -2.45. The van der Waals surface area contributed by atoms with Crippen LogP contribution in [0.1, 0.15) is 27.2 Å². The number of β-amino-alcohol motifs (C(OH)–C–C–N with tert-alkyl or cyclic N) is 1. The summed E-state index contributed by atoms with van der Waals surface area (Å²) in [5.74, 6) is -1.38. The van der Waals surface area contributed by atoms with Crippen molar-refractivity contribution in [1.29, 1.82) is 0 Å². The van der Waals surface area contributed by atoms with Gasteiger partial charge in [-0.25, -0.2) is 4.79 Å². The molecule has 1 atom stereocenters. The van der Waals surface area contributed by atoms with Crippen LogP contribution >= 0.6 is 0 Å². The predicted octanol–water partition coefficient (Wildman–Crippen LogP) is 0.0805. The molecule has 0 spiro atoms. The zero-order valence-corrected chi connectivity index (χ0v) is 9.28. The van der Waals surface area contributed by atoms with Gasteiger partial charge in [0.05, 0.1) is 6.54 Å². The second kappa shape index (κ2) is 3.48. The smallest absolute Gasteiger partial charge is 0.337 e. The van der Waals surface area contributed by atoms with Crippen molar-refractivity contribution >= 4 is 11.9 Å². The molecule has 0 aliphatic carbocycles. The summed E-state index contributed by atoms with van der Waals surface area (Å²) in [4.78, 5) is 24.0. The number of rotatable bonds is 1. The Morgan fingerprint density at radius 1 is 1.33 bits per heavy atom. The van der Waals surface area contributed by atoms with Crippen LogP contribution < -0.4 is 0 Å². The van der Waals surface area contributed by atoms with Crippen molar-refractivity contribution in [1.82, 2.24) is 4.90 Å². The first-order valence-corrected chi connectivity index (χ1v) is 4.92. The van der Waals surface area contributed by atoms with E-state index in [0.717, 1.165) is 0 Å². The lowest BCUT2D eigenvalue weighted by Gasteiger charge is -2.26. The molecule has 1 unspecified atom stereocenters. The first kappa shape index (κ1) is 12.0. The zero-order valence-electron chi connectivity index (χ0n) is 9.28. The maximum absolute atomic E-state index is 11.8. The molecule has 0 radical (unpaired) electrons. The number of hydrogen-bond donors (Lipinski definition) is 2. The molecule has 0 aromatic carbocycles. The van der Waals surface area contributed by atoms with Crippen LogP contribution in [0.4, 0.5) is 0 Å². The fourth-order valence-corrected chi connectivity index (χ4v) is 1.62. The maximum Gasteiger partial charge on any atom is 0.337 e. The van der Waals surface area contributed by atoms with E-state index in [1.54, 1.807) is 20.8 Å². The molecule has 2 N–H and O–H groups in total. The first-order valence-electron chi connectivity index (χ1n) is 4.92. The van der Waals surface area contributed by atoms with Crippen LogP contribution in [-0.2, 0) is 9.59 Å². The number of carboxylic acids is 1. The molecule has 1 aliphatic heterocycles. The van der Waals surface area contributed by atoms with E-state index in [9.17, 15) is 14.7 Å². The van der Waals surface area contributed by atoms with E-state index in [-0.39, 0.29) is 18.9 Å². The highest BCUT2D eigenvalue weighted by Crippen LogP contribution is 2.26. The number of amides is 1. The summed E-state index contributed by atoms with van der Waals surface area (Å²) < 4.78 is 0. The fourth-order valence-electron chi connectivity index (χ4n) is 1.62.